The van der Waals surface area contributed by atoms with Crippen molar-refractivity contribution in [2.24, 2.45) is 20.8 Å². The van der Waals surface area contributed by atoms with E-state index in [4.69, 9.17) is 37.3 Å². The van der Waals surface area contributed by atoms with E-state index in [0.717, 1.165) is 11.4 Å². The number of pyridine rings is 2. The van der Waals surface area contributed by atoms with Gasteiger partial charge < -0.3 is 10.2 Å². The van der Waals surface area contributed by atoms with Crippen molar-refractivity contribution < 1.29 is 85.0 Å². The predicted molar refractivity (Wildman–Crippen MR) is 124 cm³/mol. The minimum absolute atomic E-state index is 0. The quantitative estimate of drug-likeness (QED) is 0.215. The Balaban J connectivity index is -0.000000523. The van der Waals surface area contributed by atoms with Crippen LogP contribution >= 0.6 is 0 Å². The number of aromatic nitrogens is 2. The molecule has 2 aromatic rings. The zero-order valence-corrected chi connectivity index (χ0v) is 26.0. The average Bonchev–Trinajstić information content (AvgIpc) is 2.78. The SMILES string of the molecule is CC(C)(C)[C@@H](CO)N=Cc1ccccn1.CC(C)(C)[C@@H](CO)N=Cc1ccccn1.[Fe+2].[O-][Cl+3]([O-])([O-])[O-].[O-][Cl+3]([O-])([O-])[O-]. The third kappa shape index (κ3) is 31.1. The maximum absolute atomic E-state index is 9.21. The molecule has 0 amide bonds. The minimum Gasteiger partial charge on any atom is -0.394 e. The van der Waals surface area contributed by atoms with Gasteiger partial charge in [0.15, 0.2) is 0 Å². The maximum Gasteiger partial charge on any atom is 2.00 e. The zero-order valence-electron chi connectivity index (χ0n) is 23.4. The standard InChI is InChI=1S/2C12H18N2O.2ClHO4.Fe/c2*1-12(2,3)11(9-15)14-8-10-6-4-5-7-13-10;2*2-1(3,4)5;/h2*4-8,11,15H,9H2,1-3H3;2*(H,2,3,4,5);/q;;;;+2/p-2/t2*11-;;;/m11.../s1. The molecule has 0 aromatic carbocycles. The molecule has 41 heavy (non-hydrogen) atoms. The van der Waals surface area contributed by atoms with Gasteiger partial charge in [-0.3, -0.25) is 20.0 Å². The molecule has 14 nitrogen and oxygen atoms in total. The summed E-state index contributed by atoms with van der Waals surface area (Å²) < 4.78 is 67.9. The van der Waals surface area contributed by atoms with E-state index in [1.807, 2.05) is 36.4 Å². The van der Waals surface area contributed by atoms with Gasteiger partial charge in [-0.25, -0.2) is 37.3 Å². The van der Waals surface area contributed by atoms with Crippen molar-refractivity contribution in [3.8, 4) is 0 Å². The normalized spacial score (nSPS) is 13.5. The fourth-order valence-corrected chi connectivity index (χ4v) is 2.33. The number of nitrogens with zero attached hydrogens (tertiary/aromatic N) is 4. The molecule has 0 saturated carbocycles. The number of hydrogen-bond donors (Lipinski definition) is 2. The monoisotopic (exact) mass is 666 g/mol. The number of rotatable bonds is 6. The number of aliphatic imine (C=N–C) groups is 2. The maximum atomic E-state index is 9.21. The molecule has 2 atom stereocenters. The van der Waals surface area contributed by atoms with E-state index in [-0.39, 0.29) is 53.2 Å². The number of hydrogen-bond acceptors (Lipinski definition) is 14. The molecule has 2 heterocycles. The molecule has 0 unspecified atom stereocenters. The van der Waals surface area contributed by atoms with Gasteiger partial charge >= 0.3 is 17.1 Å². The summed E-state index contributed by atoms with van der Waals surface area (Å²) in [5.41, 5.74) is 1.58. The summed E-state index contributed by atoms with van der Waals surface area (Å²) in [5.74, 6) is 0. The Morgan fingerprint density at radius 3 is 1.10 bits per heavy atom. The van der Waals surface area contributed by atoms with Crippen LogP contribution in [0.3, 0.4) is 0 Å². The van der Waals surface area contributed by atoms with Crippen LogP contribution in [0.1, 0.15) is 52.9 Å². The van der Waals surface area contributed by atoms with Gasteiger partial charge in [-0.1, -0.05) is 53.7 Å². The van der Waals surface area contributed by atoms with Crippen LogP contribution in [0, 0.1) is 31.3 Å². The van der Waals surface area contributed by atoms with Crippen molar-refractivity contribution in [3.63, 3.8) is 0 Å². The third-order valence-corrected chi connectivity index (χ3v) is 4.49. The van der Waals surface area contributed by atoms with Gasteiger partial charge in [-0.2, -0.15) is 0 Å². The Kier molecular flexibility index (Phi) is 22.5. The number of aliphatic hydroxyl groups excluding tert-OH is 2. The summed E-state index contributed by atoms with van der Waals surface area (Å²) >= 11 is 0. The van der Waals surface area contributed by atoms with Crippen molar-refractivity contribution in [1.29, 1.82) is 0 Å². The molecule has 0 radical (unpaired) electrons. The van der Waals surface area contributed by atoms with Crippen molar-refractivity contribution >= 4 is 12.4 Å². The molecule has 0 bridgehead atoms. The van der Waals surface area contributed by atoms with Gasteiger partial charge in [0, 0.05) is 24.8 Å². The molecule has 0 aliphatic rings. The summed E-state index contributed by atoms with van der Waals surface area (Å²) in [6.07, 6.45) is 6.89. The van der Waals surface area contributed by atoms with Crippen molar-refractivity contribution in [1.82, 2.24) is 9.97 Å². The molecule has 2 rings (SSSR count). The Morgan fingerprint density at radius 1 is 0.659 bits per heavy atom. The molecular formula is C24H36Cl2FeN4O10. The van der Waals surface area contributed by atoms with Gasteiger partial charge in [0.2, 0.25) is 0 Å². The summed E-state index contributed by atoms with van der Waals surface area (Å²) in [6, 6.07) is 11.2. The first kappa shape index (κ1) is 43.8. The summed E-state index contributed by atoms with van der Waals surface area (Å²) in [5, 5.41) is 18.4. The molecule has 0 spiro atoms. The second-order valence-corrected chi connectivity index (χ2v) is 11.5. The fraction of sp³-hybridized carbons (Fsp3) is 0.500. The average molecular weight is 667 g/mol. The molecule has 0 fully saturated rings. The van der Waals surface area contributed by atoms with Crippen LogP contribution in [-0.2, 0) is 17.1 Å². The Morgan fingerprint density at radius 2 is 0.927 bits per heavy atom. The molecule has 0 saturated heterocycles. The summed E-state index contributed by atoms with van der Waals surface area (Å²) in [7, 11) is -9.89. The van der Waals surface area contributed by atoms with Crippen molar-refractivity contribution in [2.45, 2.75) is 53.6 Å². The van der Waals surface area contributed by atoms with Crippen LogP contribution in [-0.4, -0.2) is 57.9 Å². The molecular weight excluding hydrogens is 631 g/mol. The molecule has 2 N–H and O–H groups in total. The smallest absolute Gasteiger partial charge is 0.394 e. The van der Waals surface area contributed by atoms with Gasteiger partial charge in [-0.15, -0.1) is 20.5 Å². The minimum atomic E-state index is -4.94. The van der Waals surface area contributed by atoms with Crippen LogP contribution in [0.25, 0.3) is 0 Å². The van der Waals surface area contributed by atoms with Gasteiger partial charge in [0.1, 0.15) is 0 Å². The first-order valence-corrected chi connectivity index (χ1v) is 13.9. The Bertz CT molecular complexity index is 875. The summed E-state index contributed by atoms with van der Waals surface area (Å²) in [6.45, 7) is 12.5. The zero-order chi connectivity index (χ0) is 31.6. The second-order valence-electron chi connectivity index (χ2n) is 9.95. The predicted octanol–water partition coefficient (Wildman–Crippen LogP) is -5.70. The number of halogens is 2. The van der Waals surface area contributed by atoms with E-state index in [1.165, 1.54) is 0 Å². The largest absolute Gasteiger partial charge is 2.00 e. The second kappa shape index (κ2) is 21.1. The van der Waals surface area contributed by atoms with E-state index < -0.39 is 20.5 Å². The van der Waals surface area contributed by atoms with Gasteiger partial charge in [0.05, 0.1) is 36.7 Å². The van der Waals surface area contributed by atoms with Crippen LogP contribution in [0.2, 0.25) is 0 Å². The fourth-order valence-electron chi connectivity index (χ4n) is 2.33. The molecule has 234 valence electrons. The molecule has 0 aliphatic heterocycles. The van der Waals surface area contributed by atoms with Gasteiger partial charge in [0.25, 0.3) is 0 Å². The molecule has 17 heteroatoms. The van der Waals surface area contributed by atoms with E-state index >= 15 is 0 Å². The van der Waals surface area contributed by atoms with Gasteiger partial charge in [-0.05, 0) is 35.1 Å². The molecule has 0 aliphatic carbocycles. The topological polar surface area (TPSA) is 275 Å². The van der Waals surface area contributed by atoms with E-state index in [2.05, 4.69) is 61.5 Å². The van der Waals surface area contributed by atoms with Crippen LogP contribution in [0.4, 0.5) is 0 Å². The molecule has 2 aromatic heterocycles. The first-order chi connectivity index (χ1) is 18.1. The summed E-state index contributed by atoms with van der Waals surface area (Å²) in [4.78, 5) is 17.0. The number of aliphatic hydroxyl groups is 2. The van der Waals surface area contributed by atoms with Crippen LogP contribution in [0.5, 0.6) is 0 Å². The Labute approximate surface area is 254 Å². The van der Waals surface area contributed by atoms with Crippen LogP contribution in [0.15, 0.2) is 58.8 Å². The van der Waals surface area contributed by atoms with Crippen molar-refractivity contribution in [2.75, 3.05) is 13.2 Å². The first-order valence-electron chi connectivity index (χ1n) is 11.4. The van der Waals surface area contributed by atoms with Crippen molar-refractivity contribution in [3.05, 3.63) is 60.2 Å². The third-order valence-electron chi connectivity index (χ3n) is 4.49. The Hall–Kier alpha value is -1.66. The van der Waals surface area contributed by atoms with E-state index in [9.17, 15) is 10.2 Å². The van der Waals surface area contributed by atoms with Crippen LogP contribution < -0.4 is 37.3 Å². The van der Waals surface area contributed by atoms with E-state index in [0.29, 0.717) is 0 Å². The van der Waals surface area contributed by atoms with E-state index in [1.54, 1.807) is 24.8 Å².